The summed E-state index contributed by atoms with van der Waals surface area (Å²) >= 11 is 0. The van der Waals surface area contributed by atoms with Gasteiger partial charge in [0.1, 0.15) is 5.75 Å². The molecule has 0 aliphatic heterocycles. The summed E-state index contributed by atoms with van der Waals surface area (Å²) in [4.78, 5) is 20.6. The quantitative estimate of drug-likeness (QED) is 0.714. The number of amides is 1. The first-order valence-electron chi connectivity index (χ1n) is 7.46. The van der Waals surface area contributed by atoms with Gasteiger partial charge in [0.15, 0.2) is 0 Å². The van der Waals surface area contributed by atoms with Gasteiger partial charge >= 0.3 is 6.18 Å². The van der Waals surface area contributed by atoms with Gasteiger partial charge in [-0.2, -0.15) is 22.7 Å². The number of fused-ring (bicyclic) bond motifs is 1. The normalized spacial score (nSPS) is 11.6. The SMILES string of the molecule is Cc1cc(Oc2ccc(C(=O)N(C)C)cc2)n2nc(C(F)(F)F)nc2n1. The number of ether oxygens (including phenoxy) is 1. The summed E-state index contributed by atoms with van der Waals surface area (Å²) < 4.78 is 45.0. The van der Waals surface area contributed by atoms with E-state index >= 15 is 0 Å². The molecule has 0 unspecified atom stereocenters. The topological polar surface area (TPSA) is 72.6 Å². The molecule has 10 heteroatoms. The average molecular weight is 365 g/mol. The van der Waals surface area contributed by atoms with Gasteiger partial charge in [0.05, 0.1) is 0 Å². The Balaban J connectivity index is 1.95. The molecule has 0 saturated heterocycles. The lowest BCUT2D eigenvalue weighted by molar-refractivity contribution is -0.144. The Morgan fingerprint density at radius 2 is 1.81 bits per heavy atom. The second-order valence-electron chi connectivity index (χ2n) is 5.71. The number of hydrogen-bond donors (Lipinski definition) is 0. The predicted molar refractivity (Wildman–Crippen MR) is 85.1 cm³/mol. The fraction of sp³-hybridized carbons (Fsp3) is 0.250. The van der Waals surface area contributed by atoms with Crippen LogP contribution in [0.4, 0.5) is 13.2 Å². The smallest absolute Gasteiger partial charge is 0.439 e. The van der Waals surface area contributed by atoms with Crippen LogP contribution in [0.1, 0.15) is 21.9 Å². The zero-order valence-corrected chi connectivity index (χ0v) is 14.1. The molecule has 0 fully saturated rings. The fourth-order valence-corrected chi connectivity index (χ4v) is 2.19. The molecule has 7 nitrogen and oxygen atoms in total. The van der Waals surface area contributed by atoms with Crippen molar-refractivity contribution in [3.05, 3.63) is 47.4 Å². The number of alkyl halides is 3. The number of aromatic nitrogens is 4. The Hall–Kier alpha value is -3.17. The van der Waals surface area contributed by atoms with E-state index in [1.54, 1.807) is 45.3 Å². The van der Waals surface area contributed by atoms with Crippen molar-refractivity contribution in [3.8, 4) is 11.6 Å². The van der Waals surface area contributed by atoms with Gasteiger partial charge in [0.2, 0.25) is 5.88 Å². The van der Waals surface area contributed by atoms with E-state index < -0.39 is 12.0 Å². The molecule has 0 saturated carbocycles. The van der Waals surface area contributed by atoms with E-state index in [-0.39, 0.29) is 17.6 Å². The van der Waals surface area contributed by atoms with Gasteiger partial charge < -0.3 is 9.64 Å². The molecule has 0 aliphatic carbocycles. The number of halogens is 3. The van der Waals surface area contributed by atoms with Gasteiger partial charge in [-0.3, -0.25) is 4.79 Å². The number of nitrogens with zero attached hydrogens (tertiary/aromatic N) is 5. The third kappa shape index (κ3) is 3.44. The van der Waals surface area contributed by atoms with Gasteiger partial charge in [-0.1, -0.05) is 0 Å². The molecular formula is C16H14F3N5O2. The molecule has 0 atom stereocenters. The molecule has 2 aromatic heterocycles. The predicted octanol–water partition coefficient (Wildman–Crippen LogP) is 2.95. The first kappa shape index (κ1) is 17.6. The number of carbonyl (C=O) groups excluding carboxylic acids is 1. The van der Waals surface area contributed by atoms with E-state index in [0.29, 0.717) is 17.0 Å². The van der Waals surface area contributed by atoms with Crippen molar-refractivity contribution in [2.75, 3.05) is 14.1 Å². The number of benzene rings is 1. The molecule has 0 bridgehead atoms. The fourth-order valence-electron chi connectivity index (χ4n) is 2.19. The van der Waals surface area contributed by atoms with Crippen LogP contribution < -0.4 is 4.74 Å². The van der Waals surface area contributed by atoms with Crippen molar-refractivity contribution >= 4 is 11.7 Å². The molecule has 26 heavy (non-hydrogen) atoms. The second-order valence-corrected chi connectivity index (χ2v) is 5.71. The molecule has 0 aliphatic rings. The van der Waals surface area contributed by atoms with E-state index in [1.807, 2.05) is 0 Å². The van der Waals surface area contributed by atoms with Gasteiger partial charge in [0, 0.05) is 31.4 Å². The molecule has 0 N–H and O–H groups in total. The molecular weight excluding hydrogens is 351 g/mol. The van der Waals surface area contributed by atoms with E-state index in [9.17, 15) is 18.0 Å². The third-order valence-electron chi connectivity index (χ3n) is 3.39. The summed E-state index contributed by atoms with van der Waals surface area (Å²) in [6.07, 6.45) is -4.69. The molecule has 136 valence electrons. The molecule has 1 amide bonds. The summed E-state index contributed by atoms with van der Waals surface area (Å²) in [5, 5.41) is 3.42. The standard InChI is InChI=1S/C16H14F3N5O2/c1-9-8-12(24-15(20-9)21-14(22-24)16(17,18)19)26-11-6-4-10(5-7-11)13(25)23(2)3/h4-8H,1-3H3. The summed E-state index contributed by atoms with van der Waals surface area (Å²) in [6.45, 7) is 1.60. The van der Waals surface area contributed by atoms with Gasteiger partial charge in [-0.15, -0.1) is 5.10 Å². The van der Waals surface area contributed by atoms with Crippen LogP contribution in [-0.2, 0) is 6.18 Å². The summed E-state index contributed by atoms with van der Waals surface area (Å²) in [5.41, 5.74) is 0.881. The second kappa shape index (κ2) is 6.28. The minimum absolute atomic E-state index is 0.0298. The molecule has 0 radical (unpaired) electrons. The van der Waals surface area contributed by atoms with Crippen LogP contribution in [0.15, 0.2) is 30.3 Å². The van der Waals surface area contributed by atoms with Crippen LogP contribution in [0, 0.1) is 6.92 Å². The Labute approximate surface area is 146 Å². The van der Waals surface area contributed by atoms with E-state index in [0.717, 1.165) is 4.52 Å². The first-order valence-corrected chi connectivity index (χ1v) is 7.46. The highest BCUT2D eigenvalue weighted by Crippen LogP contribution is 2.28. The average Bonchev–Trinajstić information content (AvgIpc) is 2.99. The van der Waals surface area contributed by atoms with Crippen molar-refractivity contribution in [2.24, 2.45) is 0 Å². The zero-order chi connectivity index (χ0) is 19.1. The lowest BCUT2D eigenvalue weighted by atomic mass is 10.2. The maximum absolute atomic E-state index is 12.8. The van der Waals surface area contributed by atoms with Crippen molar-refractivity contribution in [2.45, 2.75) is 13.1 Å². The minimum atomic E-state index is -4.69. The monoisotopic (exact) mass is 365 g/mol. The number of aryl methyl sites for hydroxylation is 1. The lowest BCUT2D eigenvalue weighted by Gasteiger charge is -2.11. The van der Waals surface area contributed by atoms with Crippen LogP contribution in [0.25, 0.3) is 5.78 Å². The third-order valence-corrected chi connectivity index (χ3v) is 3.39. The molecule has 3 rings (SSSR count). The van der Waals surface area contributed by atoms with Gasteiger partial charge in [-0.25, -0.2) is 4.98 Å². The Morgan fingerprint density at radius 3 is 2.38 bits per heavy atom. The number of carbonyl (C=O) groups is 1. The Morgan fingerprint density at radius 1 is 1.15 bits per heavy atom. The summed E-state index contributed by atoms with van der Waals surface area (Å²) in [7, 11) is 3.26. The van der Waals surface area contributed by atoms with Gasteiger partial charge in [-0.05, 0) is 31.2 Å². The van der Waals surface area contributed by atoms with E-state index in [2.05, 4.69) is 15.1 Å². The van der Waals surface area contributed by atoms with Crippen LogP contribution in [0.2, 0.25) is 0 Å². The number of hydrogen-bond acceptors (Lipinski definition) is 5. The van der Waals surface area contributed by atoms with Crippen LogP contribution >= 0.6 is 0 Å². The molecule has 1 aromatic carbocycles. The highest BCUT2D eigenvalue weighted by atomic mass is 19.4. The summed E-state index contributed by atoms with van der Waals surface area (Å²) in [5.74, 6) is -1.33. The Bertz CT molecular complexity index is 964. The lowest BCUT2D eigenvalue weighted by Crippen LogP contribution is -2.21. The number of rotatable bonds is 3. The van der Waals surface area contributed by atoms with Crippen LogP contribution in [0.5, 0.6) is 11.6 Å². The van der Waals surface area contributed by atoms with Crippen molar-refractivity contribution in [1.82, 2.24) is 24.5 Å². The van der Waals surface area contributed by atoms with E-state index in [1.165, 1.54) is 11.0 Å². The maximum Gasteiger partial charge on any atom is 0.453 e. The minimum Gasteiger partial charge on any atom is -0.439 e. The Kier molecular flexibility index (Phi) is 4.26. The largest absolute Gasteiger partial charge is 0.453 e. The van der Waals surface area contributed by atoms with Crippen LogP contribution in [-0.4, -0.2) is 44.5 Å². The molecule has 0 spiro atoms. The highest BCUT2D eigenvalue weighted by molar-refractivity contribution is 5.93. The zero-order valence-electron chi connectivity index (χ0n) is 14.1. The van der Waals surface area contributed by atoms with E-state index in [4.69, 9.17) is 4.74 Å². The van der Waals surface area contributed by atoms with Gasteiger partial charge in [0.25, 0.3) is 17.5 Å². The van der Waals surface area contributed by atoms with Crippen LogP contribution in [0.3, 0.4) is 0 Å². The summed E-state index contributed by atoms with van der Waals surface area (Å²) in [6, 6.07) is 7.65. The maximum atomic E-state index is 12.8. The highest BCUT2D eigenvalue weighted by Gasteiger charge is 2.37. The molecule has 3 aromatic rings. The van der Waals surface area contributed by atoms with Crippen molar-refractivity contribution in [3.63, 3.8) is 0 Å². The van der Waals surface area contributed by atoms with Crippen molar-refractivity contribution < 1.29 is 22.7 Å². The molecule has 2 heterocycles. The first-order chi connectivity index (χ1) is 12.1. The van der Waals surface area contributed by atoms with Crippen molar-refractivity contribution in [1.29, 1.82) is 0 Å².